The molecular formula is C53H40N2. The van der Waals surface area contributed by atoms with Crippen LogP contribution in [-0.4, -0.2) is 0 Å². The van der Waals surface area contributed by atoms with Crippen molar-refractivity contribution < 1.29 is 0 Å². The summed E-state index contributed by atoms with van der Waals surface area (Å²) in [6.07, 6.45) is 0. The monoisotopic (exact) mass is 704 g/mol. The molecular weight excluding hydrogens is 665 g/mol. The lowest BCUT2D eigenvalue weighted by molar-refractivity contribution is 0.663. The molecule has 0 saturated heterocycles. The molecule has 0 bridgehead atoms. The third kappa shape index (κ3) is 5.66. The van der Waals surface area contributed by atoms with E-state index >= 15 is 0 Å². The lowest BCUT2D eigenvalue weighted by Crippen LogP contribution is -2.17. The van der Waals surface area contributed by atoms with Crippen molar-refractivity contribution in [3.05, 3.63) is 217 Å². The molecule has 1 aliphatic rings. The lowest BCUT2D eigenvalue weighted by atomic mass is 9.81. The highest BCUT2D eigenvalue weighted by molar-refractivity contribution is 6.16. The van der Waals surface area contributed by atoms with Gasteiger partial charge in [-0.25, -0.2) is 0 Å². The minimum absolute atomic E-state index is 0.104. The largest absolute Gasteiger partial charge is 0.311 e. The summed E-state index contributed by atoms with van der Waals surface area (Å²) in [5.41, 5.74) is 14.3. The number of benzene rings is 9. The Kier molecular flexibility index (Phi) is 7.85. The predicted molar refractivity (Wildman–Crippen MR) is 234 cm³/mol. The maximum atomic E-state index is 2.44. The Balaban J connectivity index is 1.04. The van der Waals surface area contributed by atoms with Gasteiger partial charge in [-0.1, -0.05) is 147 Å². The molecule has 55 heavy (non-hydrogen) atoms. The van der Waals surface area contributed by atoms with Gasteiger partial charge in [-0.15, -0.1) is 0 Å². The molecule has 0 aromatic heterocycles. The quantitative estimate of drug-likeness (QED) is 0.145. The van der Waals surface area contributed by atoms with Crippen molar-refractivity contribution in [2.75, 3.05) is 9.80 Å². The summed E-state index contributed by atoms with van der Waals surface area (Å²) in [6.45, 7) is 4.75. The minimum Gasteiger partial charge on any atom is -0.311 e. The second-order valence-corrected chi connectivity index (χ2v) is 15.0. The van der Waals surface area contributed by atoms with Crippen molar-refractivity contribution in [2.24, 2.45) is 0 Å². The van der Waals surface area contributed by atoms with Crippen LogP contribution in [0.4, 0.5) is 34.1 Å². The predicted octanol–water partition coefficient (Wildman–Crippen LogP) is 14.9. The molecule has 0 N–H and O–H groups in total. The summed E-state index contributed by atoms with van der Waals surface area (Å²) in [4.78, 5) is 4.71. The molecule has 10 rings (SSSR count). The van der Waals surface area contributed by atoms with E-state index in [1.165, 1.54) is 54.9 Å². The van der Waals surface area contributed by atoms with Gasteiger partial charge in [-0.3, -0.25) is 0 Å². The van der Waals surface area contributed by atoms with Crippen LogP contribution >= 0.6 is 0 Å². The van der Waals surface area contributed by atoms with Gasteiger partial charge in [-0.2, -0.15) is 0 Å². The SMILES string of the molecule is CC1(C)c2cccc3ccc4cc(N(c5ccc(-c6ccccc6)cc5)c5ccc(-c6ccc(N(c7ccccc7)c7ccccc7)cc6)cc5)cc1c4c23. The van der Waals surface area contributed by atoms with Crippen molar-refractivity contribution in [1.29, 1.82) is 0 Å². The Morgan fingerprint density at radius 3 is 1.20 bits per heavy atom. The maximum Gasteiger partial charge on any atom is 0.0471 e. The van der Waals surface area contributed by atoms with Gasteiger partial charge < -0.3 is 9.80 Å². The van der Waals surface area contributed by atoms with Gasteiger partial charge in [0.1, 0.15) is 0 Å². The summed E-state index contributed by atoms with van der Waals surface area (Å²) in [6, 6.07) is 74.8. The van der Waals surface area contributed by atoms with Crippen LogP contribution in [0, 0.1) is 0 Å². The third-order valence-corrected chi connectivity index (χ3v) is 11.4. The zero-order chi connectivity index (χ0) is 36.9. The molecule has 0 aliphatic heterocycles. The molecule has 0 amide bonds. The van der Waals surface area contributed by atoms with Crippen LogP contribution in [0.15, 0.2) is 206 Å². The Morgan fingerprint density at radius 1 is 0.291 bits per heavy atom. The van der Waals surface area contributed by atoms with E-state index in [4.69, 9.17) is 0 Å². The average Bonchev–Trinajstić information content (AvgIpc) is 3.48. The van der Waals surface area contributed by atoms with Crippen molar-refractivity contribution in [2.45, 2.75) is 19.3 Å². The first-order valence-corrected chi connectivity index (χ1v) is 19.1. The fraction of sp³-hybridized carbons (Fsp3) is 0.0566. The van der Waals surface area contributed by atoms with E-state index in [0.717, 1.165) is 34.1 Å². The van der Waals surface area contributed by atoms with Crippen molar-refractivity contribution in [1.82, 2.24) is 0 Å². The van der Waals surface area contributed by atoms with E-state index in [2.05, 4.69) is 230 Å². The molecule has 0 spiro atoms. The first-order chi connectivity index (χ1) is 27.0. The van der Waals surface area contributed by atoms with E-state index in [0.29, 0.717) is 0 Å². The summed E-state index contributed by atoms with van der Waals surface area (Å²) in [5.74, 6) is 0. The van der Waals surface area contributed by atoms with Crippen LogP contribution in [0.1, 0.15) is 25.0 Å². The topological polar surface area (TPSA) is 6.48 Å². The van der Waals surface area contributed by atoms with E-state index in [1.54, 1.807) is 0 Å². The Hall–Kier alpha value is -6.90. The number of para-hydroxylation sites is 2. The summed E-state index contributed by atoms with van der Waals surface area (Å²) < 4.78 is 0. The Morgan fingerprint density at radius 2 is 0.691 bits per heavy atom. The molecule has 0 atom stereocenters. The molecule has 2 nitrogen and oxygen atoms in total. The number of hydrogen-bond acceptors (Lipinski definition) is 2. The van der Waals surface area contributed by atoms with Gasteiger partial charge in [-0.05, 0) is 128 Å². The molecule has 0 saturated carbocycles. The first-order valence-electron chi connectivity index (χ1n) is 19.1. The standard InChI is InChI=1S/C53H40N2/c1-53(2)49-20-12-15-41-21-22-42-35-48(36-50(53)52(42)51(41)49)55(46-31-23-38(24-32-46)37-13-6-3-7-14-37)47-33-27-40(28-34-47)39-25-29-45(30-26-39)54(43-16-8-4-9-17-43)44-18-10-5-11-19-44/h3-36H,1-2H3. The van der Waals surface area contributed by atoms with Crippen LogP contribution < -0.4 is 9.80 Å². The average molecular weight is 705 g/mol. The molecule has 0 fully saturated rings. The van der Waals surface area contributed by atoms with Gasteiger partial charge >= 0.3 is 0 Å². The van der Waals surface area contributed by atoms with Crippen LogP contribution in [0.5, 0.6) is 0 Å². The lowest BCUT2D eigenvalue weighted by Gasteiger charge is -2.29. The summed E-state index contributed by atoms with van der Waals surface area (Å²) >= 11 is 0. The Bertz CT molecular complexity index is 2750. The van der Waals surface area contributed by atoms with Gasteiger partial charge in [0.2, 0.25) is 0 Å². The highest BCUT2D eigenvalue weighted by Gasteiger charge is 2.34. The number of anilines is 6. The van der Waals surface area contributed by atoms with Crippen molar-refractivity contribution in [3.8, 4) is 22.3 Å². The smallest absolute Gasteiger partial charge is 0.0471 e. The minimum atomic E-state index is -0.104. The highest BCUT2D eigenvalue weighted by Crippen LogP contribution is 2.51. The first kappa shape index (κ1) is 32.7. The van der Waals surface area contributed by atoms with Crippen LogP contribution in [0.2, 0.25) is 0 Å². The fourth-order valence-electron chi connectivity index (χ4n) is 8.60. The van der Waals surface area contributed by atoms with E-state index in [-0.39, 0.29) is 5.41 Å². The van der Waals surface area contributed by atoms with Gasteiger partial charge in [0.25, 0.3) is 0 Å². The molecule has 0 heterocycles. The van der Waals surface area contributed by atoms with Crippen molar-refractivity contribution >= 4 is 55.7 Å². The summed E-state index contributed by atoms with van der Waals surface area (Å²) in [5, 5.41) is 5.38. The third-order valence-electron chi connectivity index (χ3n) is 11.4. The van der Waals surface area contributed by atoms with E-state index in [9.17, 15) is 0 Å². The molecule has 0 unspecified atom stereocenters. The fourth-order valence-corrected chi connectivity index (χ4v) is 8.60. The zero-order valence-corrected chi connectivity index (χ0v) is 31.0. The zero-order valence-electron chi connectivity index (χ0n) is 31.0. The second-order valence-electron chi connectivity index (χ2n) is 15.0. The van der Waals surface area contributed by atoms with E-state index < -0.39 is 0 Å². The molecule has 9 aromatic rings. The number of rotatable bonds is 8. The molecule has 0 radical (unpaired) electrons. The normalized spacial score (nSPS) is 12.7. The molecule has 2 heteroatoms. The molecule has 9 aromatic carbocycles. The molecule has 262 valence electrons. The highest BCUT2D eigenvalue weighted by atomic mass is 15.1. The van der Waals surface area contributed by atoms with Crippen molar-refractivity contribution in [3.63, 3.8) is 0 Å². The van der Waals surface area contributed by atoms with Gasteiger partial charge in [0.15, 0.2) is 0 Å². The molecule has 1 aliphatic carbocycles. The van der Waals surface area contributed by atoms with Crippen LogP contribution in [0.25, 0.3) is 43.8 Å². The Labute approximate surface area is 323 Å². The van der Waals surface area contributed by atoms with Gasteiger partial charge in [0, 0.05) is 39.5 Å². The number of nitrogens with zero attached hydrogens (tertiary/aromatic N) is 2. The number of hydrogen-bond donors (Lipinski definition) is 0. The van der Waals surface area contributed by atoms with Gasteiger partial charge in [0.05, 0.1) is 0 Å². The maximum absolute atomic E-state index is 2.44. The van der Waals surface area contributed by atoms with Crippen LogP contribution in [-0.2, 0) is 5.41 Å². The second kappa shape index (κ2) is 13.2. The van der Waals surface area contributed by atoms with E-state index in [1.807, 2.05) is 0 Å². The van der Waals surface area contributed by atoms with Crippen LogP contribution in [0.3, 0.4) is 0 Å². The summed E-state index contributed by atoms with van der Waals surface area (Å²) in [7, 11) is 0.